The Morgan fingerprint density at radius 1 is 1.03 bits per heavy atom. The summed E-state index contributed by atoms with van der Waals surface area (Å²) in [6, 6.07) is 3.81. The molecular weight excluding hydrogens is 374 g/mol. The molecule has 5 nitrogen and oxygen atoms in total. The lowest BCUT2D eigenvalue weighted by Crippen LogP contribution is -2.46. The van der Waals surface area contributed by atoms with Gasteiger partial charge < -0.3 is 9.47 Å². The zero-order chi connectivity index (χ0) is 21.6. The highest BCUT2D eigenvalue weighted by Gasteiger charge is 2.32. The van der Waals surface area contributed by atoms with Crippen LogP contribution in [0, 0.1) is 17.8 Å². The number of rotatable bonds is 7. The summed E-state index contributed by atoms with van der Waals surface area (Å²) in [5.41, 5.74) is 1.38. The average Bonchev–Trinajstić information content (AvgIpc) is 2.78. The molecule has 1 aromatic heterocycles. The molecule has 1 fully saturated rings. The highest BCUT2D eigenvalue weighted by atomic mass is 16.5. The third kappa shape index (κ3) is 4.87. The Bertz CT molecular complexity index is 908. The molecule has 1 aliphatic carbocycles. The molecule has 0 radical (unpaired) electrons. The van der Waals surface area contributed by atoms with E-state index in [1.807, 2.05) is 12.1 Å². The Hall–Kier alpha value is -2.32. The molecule has 5 heteroatoms. The van der Waals surface area contributed by atoms with Gasteiger partial charge in [-0.1, -0.05) is 51.9 Å². The summed E-state index contributed by atoms with van der Waals surface area (Å²) in [5, 5.41) is 0.891. The van der Waals surface area contributed by atoms with Crippen molar-refractivity contribution in [2.24, 2.45) is 5.92 Å². The van der Waals surface area contributed by atoms with E-state index in [1.165, 1.54) is 32.1 Å². The van der Waals surface area contributed by atoms with E-state index in [9.17, 15) is 0 Å². The summed E-state index contributed by atoms with van der Waals surface area (Å²) >= 11 is 0. The summed E-state index contributed by atoms with van der Waals surface area (Å²) in [4.78, 5) is 11.4. The fourth-order valence-corrected chi connectivity index (χ4v) is 4.81. The van der Waals surface area contributed by atoms with Crippen LogP contribution in [0.2, 0.25) is 0 Å². The molecule has 2 aromatic rings. The fourth-order valence-electron chi connectivity index (χ4n) is 4.81. The molecule has 162 valence electrons. The number of benzene rings is 1. The van der Waals surface area contributed by atoms with Gasteiger partial charge >= 0.3 is 0 Å². The van der Waals surface area contributed by atoms with Crippen LogP contribution in [0.3, 0.4) is 0 Å². The third-order valence-corrected chi connectivity index (χ3v) is 6.46. The van der Waals surface area contributed by atoms with E-state index in [4.69, 9.17) is 9.47 Å². The lowest BCUT2D eigenvalue weighted by molar-refractivity contribution is 0.129. The Morgan fingerprint density at radius 3 is 2.33 bits per heavy atom. The number of hydrogen-bond acceptors (Lipinski definition) is 5. The van der Waals surface area contributed by atoms with Crippen molar-refractivity contribution >= 4 is 10.9 Å². The lowest BCUT2D eigenvalue weighted by Gasteiger charge is -2.39. The summed E-state index contributed by atoms with van der Waals surface area (Å²) in [5.74, 6) is 9.13. The molecule has 0 unspecified atom stereocenters. The predicted octanol–water partition coefficient (Wildman–Crippen LogP) is 5.07. The molecule has 0 bridgehead atoms. The molecule has 0 saturated heterocycles. The minimum atomic E-state index is -0.167. The summed E-state index contributed by atoms with van der Waals surface area (Å²) in [6.07, 6.45) is 9.42. The number of ether oxygens (including phenoxy) is 2. The quantitative estimate of drug-likeness (QED) is 0.598. The van der Waals surface area contributed by atoms with Crippen LogP contribution in [0.25, 0.3) is 10.9 Å². The molecule has 3 rings (SSSR count). The maximum atomic E-state index is 5.48. The van der Waals surface area contributed by atoms with Crippen molar-refractivity contribution in [1.29, 1.82) is 0 Å². The van der Waals surface area contributed by atoms with Crippen LogP contribution in [0.4, 0.5) is 0 Å². The van der Waals surface area contributed by atoms with Crippen molar-refractivity contribution in [3.05, 3.63) is 24.2 Å². The summed E-state index contributed by atoms with van der Waals surface area (Å²) in [7, 11) is 3.27. The van der Waals surface area contributed by atoms with Crippen LogP contribution in [0.5, 0.6) is 11.5 Å². The molecule has 30 heavy (non-hydrogen) atoms. The minimum Gasteiger partial charge on any atom is -0.493 e. The van der Waals surface area contributed by atoms with Crippen LogP contribution in [0.1, 0.15) is 65.0 Å². The van der Waals surface area contributed by atoms with Gasteiger partial charge in [0.15, 0.2) is 11.5 Å². The normalized spacial score (nSPS) is 16.7. The number of hydrogen-bond donors (Lipinski definition) is 0. The zero-order valence-corrected chi connectivity index (χ0v) is 19.1. The monoisotopic (exact) mass is 409 g/mol. The molecule has 0 aliphatic heterocycles. The van der Waals surface area contributed by atoms with Crippen molar-refractivity contribution in [2.45, 2.75) is 64.8 Å². The summed E-state index contributed by atoms with van der Waals surface area (Å²) < 4.78 is 10.9. The molecule has 1 heterocycles. The van der Waals surface area contributed by atoms with Crippen LogP contribution in [-0.2, 0) is 0 Å². The number of aromatic nitrogens is 2. The van der Waals surface area contributed by atoms with Crippen molar-refractivity contribution in [3.8, 4) is 23.3 Å². The van der Waals surface area contributed by atoms with Gasteiger partial charge in [-0.15, -0.1) is 0 Å². The van der Waals surface area contributed by atoms with Gasteiger partial charge in [-0.25, -0.2) is 9.97 Å². The maximum absolute atomic E-state index is 5.48. The summed E-state index contributed by atoms with van der Waals surface area (Å²) in [6.45, 7) is 8.73. The average molecular weight is 410 g/mol. The Morgan fingerprint density at radius 2 is 1.70 bits per heavy atom. The Labute approximate surface area is 181 Å². The second kappa shape index (κ2) is 10.1. The first-order valence-corrected chi connectivity index (χ1v) is 11.2. The van der Waals surface area contributed by atoms with Crippen molar-refractivity contribution in [3.63, 3.8) is 0 Å². The lowest BCUT2D eigenvalue weighted by atomic mass is 9.79. The fraction of sp³-hybridized carbons (Fsp3) is 0.600. The van der Waals surface area contributed by atoms with E-state index in [-0.39, 0.29) is 5.54 Å². The number of fused-ring (bicyclic) bond motifs is 1. The van der Waals surface area contributed by atoms with Crippen LogP contribution in [-0.4, -0.2) is 47.7 Å². The predicted molar refractivity (Wildman–Crippen MR) is 122 cm³/mol. The number of methoxy groups -OCH3 is 2. The largest absolute Gasteiger partial charge is 0.493 e. The SMILES string of the molecule is CCN(CC)[C@@](C)(C#Cc1ncnc2cc(OC)c(OC)cc12)CC1CCCCC1. The van der Waals surface area contributed by atoms with E-state index in [2.05, 4.69) is 47.5 Å². The third-order valence-electron chi connectivity index (χ3n) is 6.46. The highest BCUT2D eigenvalue weighted by molar-refractivity contribution is 5.86. The second-order valence-corrected chi connectivity index (χ2v) is 8.35. The van der Waals surface area contributed by atoms with Crippen molar-refractivity contribution < 1.29 is 9.47 Å². The van der Waals surface area contributed by atoms with Gasteiger partial charge in [-0.05, 0) is 44.3 Å². The van der Waals surface area contributed by atoms with Gasteiger partial charge in [-0.3, -0.25) is 4.90 Å². The molecule has 1 saturated carbocycles. The van der Waals surface area contributed by atoms with E-state index < -0.39 is 0 Å². The first kappa shape index (κ1) is 22.4. The van der Waals surface area contributed by atoms with Gasteiger partial charge in [0.05, 0.1) is 25.3 Å². The van der Waals surface area contributed by atoms with E-state index >= 15 is 0 Å². The van der Waals surface area contributed by atoms with Gasteiger partial charge in [0.1, 0.15) is 12.0 Å². The van der Waals surface area contributed by atoms with E-state index in [0.717, 1.165) is 42.0 Å². The topological polar surface area (TPSA) is 47.5 Å². The van der Waals surface area contributed by atoms with Gasteiger partial charge in [0.25, 0.3) is 0 Å². The molecule has 1 atom stereocenters. The van der Waals surface area contributed by atoms with Crippen LogP contribution in [0.15, 0.2) is 18.5 Å². The minimum absolute atomic E-state index is 0.167. The molecule has 1 aromatic carbocycles. The van der Waals surface area contributed by atoms with Crippen LogP contribution < -0.4 is 9.47 Å². The van der Waals surface area contributed by atoms with Crippen LogP contribution >= 0.6 is 0 Å². The Kier molecular flexibility index (Phi) is 7.55. The molecule has 0 amide bonds. The first-order chi connectivity index (χ1) is 14.5. The molecule has 0 N–H and O–H groups in total. The van der Waals surface area contributed by atoms with Gasteiger partial charge in [0.2, 0.25) is 0 Å². The molecular formula is C25H35N3O2. The Balaban J connectivity index is 2.01. The maximum Gasteiger partial charge on any atom is 0.162 e. The standard InChI is InChI=1S/C25H35N3O2/c1-6-28(7-2)25(3,17-19-11-9-8-10-12-19)14-13-21-20-15-23(29-4)24(30-5)16-22(20)27-18-26-21/h15-16,18-19H,6-12,17H2,1-5H3/t25-/m0/s1. The van der Waals surface area contributed by atoms with E-state index in [1.54, 1.807) is 20.5 Å². The molecule has 0 spiro atoms. The van der Waals surface area contributed by atoms with Gasteiger partial charge in [0, 0.05) is 11.5 Å². The zero-order valence-electron chi connectivity index (χ0n) is 19.1. The van der Waals surface area contributed by atoms with Crippen molar-refractivity contribution in [1.82, 2.24) is 14.9 Å². The first-order valence-electron chi connectivity index (χ1n) is 11.2. The second-order valence-electron chi connectivity index (χ2n) is 8.35. The van der Waals surface area contributed by atoms with Gasteiger partial charge in [-0.2, -0.15) is 0 Å². The van der Waals surface area contributed by atoms with E-state index in [0.29, 0.717) is 11.5 Å². The number of nitrogens with zero attached hydrogens (tertiary/aromatic N) is 3. The smallest absolute Gasteiger partial charge is 0.162 e. The highest BCUT2D eigenvalue weighted by Crippen LogP contribution is 2.34. The molecule has 1 aliphatic rings. The van der Waals surface area contributed by atoms with Crippen molar-refractivity contribution in [2.75, 3.05) is 27.3 Å².